The van der Waals surface area contributed by atoms with Gasteiger partial charge in [0.25, 0.3) is 0 Å². The molecule has 0 radical (unpaired) electrons. The molecule has 0 saturated heterocycles. The minimum atomic E-state index is 0.409. The number of hydrogen-bond donors (Lipinski definition) is 2. The molecule has 17 heavy (non-hydrogen) atoms. The molecule has 1 saturated carbocycles. The van der Waals surface area contributed by atoms with Crippen LogP contribution in [0.5, 0.6) is 0 Å². The lowest BCUT2D eigenvalue weighted by Gasteiger charge is -2.22. The predicted molar refractivity (Wildman–Crippen MR) is 72.3 cm³/mol. The first-order chi connectivity index (χ1) is 8.33. The maximum Gasteiger partial charge on any atom is 0.0377 e. The number of nitrogens with one attached hydrogen (secondary N) is 1. The van der Waals surface area contributed by atoms with Gasteiger partial charge in [-0.05, 0) is 62.1 Å². The van der Waals surface area contributed by atoms with E-state index in [0.29, 0.717) is 12.1 Å². The molecule has 1 aromatic carbocycles. The first kappa shape index (κ1) is 11.1. The van der Waals surface area contributed by atoms with Crippen molar-refractivity contribution in [2.45, 2.75) is 57.0 Å². The molecule has 92 valence electrons. The fourth-order valence-electron chi connectivity index (χ4n) is 3.28. The topological polar surface area (TPSA) is 38.0 Å². The van der Waals surface area contributed by atoms with Crippen LogP contribution in [0, 0.1) is 0 Å². The third-order valence-electron chi connectivity index (χ3n) is 4.23. The van der Waals surface area contributed by atoms with Gasteiger partial charge in [0.05, 0.1) is 0 Å². The molecule has 0 bridgehead atoms. The minimum absolute atomic E-state index is 0.409. The van der Waals surface area contributed by atoms with Crippen molar-refractivity contribution in [3.05, 3.63) is 29.3 Å². The Kier molecular flexibility index (Phi) is 3.06. The summed E-state index contributed by atoms with van der Waals surface area (Å²) in [7, 11) is 0. The van der Waals surface area contributed by atoms with Gasteiger partial charge in [-0.15, -0.1) is 0 Å². The third-order valence-corrected chi connectivity index (χ3v) is 4.23. The van der Waals surface area contributed by atoms with Crippen molar-refractivity contribution in [1.82, 2.24) is 0 Å². The van der Waals surface area contributed by atoms with Crippen molar-refractivity contribution < 1.29 is 0 Å². The Morgan fingerprint density at radius 3 is 2.82 bits per heavy atom. The van der Waals surface area contributed by atoms with Crippen LogP contribution in [0.25, 0.3) is 0 Å². The molecule has 0 aromatic heterocycles. The van der Waals surface area contributed by atoms with Gasteiger partial charge in [0.15, 0.2) is 0 Å². The van der Waals surface area contributed by atoms with E-state index in [9.17, 15) is 0 Å². The van der Waals surface area contributed by atoms with Gasteiger partial charge in [0, 0.05) is 17.8 Å². The zero-order valence-corrected chi connectivity index (χ0v) is 10.4. The summed E-state index contributed by atoms with van der Waals surface area (Å²) in [4.78, 5) is 0. The van der Waals surface area contributed by atoms with Crippen molar-refractivity contribution in [1.29, 1.82) is 0 Å². The molecule has 2 nitrogen and oxygen atoms in total. The molecule has 1 aromatic rings. The maximum absolute atomic E-state index is 5.98. The lowest BCUT2D eigenvalue weighted by molar-refractivity contribution is 0.675. The maximum atomic E-state index is 5.98. The van der Waals surface area contributed by atoms with Gasteiger partial charge in [-0.2, -0.15) is 0 Å². The van der Waals surface area contributed by atoms with E-state index in [1.165, 1.54) is 44.2 Å². The lowest BCUT2D eigenvalue weighted by atomic mass is 9.90. The van der Waals surface area contributed by atoms with E-state index < -0.39 is 0 Å². The average molecular weight is 230 g/mol. The first-order valence-corrected chi connectivity index (χ1v) is 6.96. The summed E-state index contributed by atoms with van der Waals surface area (Å²) >= 11 is 0. The Bertz CT molecular complexity index is 400. The van der Waals surface area contributed by atoms with Crippen LogP contribution >= 0.6 is 0 Å². The monoisotopic (exact) mass is 230 g/mol. The second kappa shape index (κ2) is 4.69. The molecule has 3 N–H and O–H groups in total. The Hall–Kier alpha value is -1.02. The summed E-state index contributed by atoms with van der Waals surface area (Å²) < 4.78 is 0. The summed E-state index contributed by atoms with van der Waals surface area (Å²) in [5.41, 5.74) is 10.5. The molecular weight excluding hydrogens is 208 g/mol. The highest BCUT2D eigenvalue weighted by molar-refractivity contribution is 5.56. The van der Waals surface area contributed by atoms with Gasteiger partial charge in [-0.25, -0.2) is 0 Å². The molecule has 2 atom stereocenters. The highest BCUT2D eigenvalue weighted by atomic mass is 14.9. The SMILES string of the molecule is NC1CCC(Nc2cccc3c2CCCC3)C1. The molecular formula is C15H22N2. The molecule has 1 fully saturated rings. The molecule has 0 amide bonds. The first-order valence-electron chi connectivity index (χ1n) is 6.96. The van der Waals surface area contributed by atoms with E-state index >= 15 is 0 Å². The molecule has 3 rings (SSSR count). The fraction of sp³-hybridized carbons (Fsp3) is 0.600. The van der Waals surface area contributed by atoms with Crippen LogP contribution < -0.4 is 11.1 Å². The average Bonchev–Trinajstić information content (AvgIpc) is 2.75. The highest BCUT2D eigenvalue weighted by Crippen LogP contribution is 2.30. The molecule has 2 heteroatoms. The van der Waals surface area contributed by atoms with Gasteiger partial charge in [-0.3, -0.25) is 0 Å². The second-order valence-electron chi connectivity index (χ2n) is 5.56. The quantitative estimate of drug-likeness (QED) is 0.820. The Labute approximate surface area is 104 Å². The molecule has 2 aliphatic carbocycles. The Morgan fingerprint density at radius 2 is 2.00 bits per heavy atom. The summed E-state index contributed by atoms with van der Waals surface area (Å²) in [5, 5.41) is 3.72. The van der Waals surface area contributed by atoms with Crippen LogP contribution in [-0.2, 0) is 12.8 Å². The second-order valence-corrected chi connectivity index (χ2v) is 5.56. The number of aryl methyl sites for hydroxylation is 1. The fourth-order valence-corrected chi connectivity index (χ4v) is 3.28. The predicted octanol–water partition coefficient (Wildman–Crippen LogP) is 2.86. The normalized spacial score (nSPS) is 27.8. The van der Waals surface area contributed by atoms with Crippen LogP contribution in [0.15, 0.2) is 18.2 Å². The standard InChI is InChI=1S/C15H22N2/c16-12-8-9-13(10-12)17-15-7-3-5-11-4-1-2-6-14(11)15/h3,5,7,12-13,17H,1-2,4,6,8-10,16H2. The van der Waals surface area contributed by atoms with E-state index in [-0.39, 0.29) is 0 Å². The number of hydrogen-bond acceptors (Lipinski definition) is 2. The van der Waals surface area contributed by atoms with Crippen LogP contribution in [0.1, 0.15) is 43.2 Å². The summed E-state index contributed by atoms with van der Waals surface area (Å²) in [5.74, 6) is 0. The Balaban J connectivity index is 1.78. The van der Waals surface area contributed by atoms with E-state index in [4.69, 9.17) is 5.73 Å². The molecule has 0 spiro atoms. The van der Waals surface area contributed by atoms with Crippen molar-refractivity contribution in [2.75, 3.05) is 5.32 Å². The highest BCUT2D eigenvalue weighted by Gasteiger charge is 2.22. The van der Waals surface area contributed by atoms with E-state index in [2.05, 4.69) is 23.5 Å². The van der Waals surface area contributed by atoms with Crippen molar-refractivity contribution in [3.63, 3.8) is 0 Å². The minimum Gasteiger partial charge on any atom is -0.382 e. The number of fused-ring (bicyclic) bond motifs is 1. The molecule has 2 unspecified atom stereocenters. The van der Waals surface area contributed by atoms with Gasteiger partial charge < -0.3 is 11.1 Å². The van der Waals surface area contributed by atoms with Crippen LogP contribution in [0.2, 0.25) is 0 Å². The molecule has 2 aliphatic rings. The lowest BCUT2D eigenvalue weighted by Crippen LogP contribution is -2.21. The van der Waals surface area contributed by atoms with E-state index in [1.807, 2.05) is 0 Å². The Morgan fingerprint density at radius 1 is 1.12 bits per heavy atom. The zero-order chi connectivity index (χ0) is 11.7. The number of nitrogens with two attached hydrogens (primary N) is 1. The van der Waals surface area contributed by atoms with Crippen LogP contribution in [0.3, 0.4) is 0 Å². The van der Waals surface area contributed by atoms with Crippen LogP contribution in [0.4, 0.5) is 5.69 Å². The van der Waals surface area contributed by atoms with Gasteiger partial charge in [0.1, 0.15) is 0 Å². The molecule has 0 aliphatic heterocycles. The van der Waals surface area contributed by atoms with Gasteiger partial charge in [0.2, 0.25) is 0 Å². The summed E-state index contributed by atoms with van der Waals surface area (Å²) in [6.45, 7) is 0. The van der Waals surface area contributed by atoms with Crippen LogP contribution in [-0.4, -0.2) is 12.1 Å². The largest absolute Gasteiger partial charge is 0.382 e. The smallest absolute Gasteiger partial charge is 0.0377 e. The number of anilines is 1. The van der Waals surface area contributed by atoms with E-state index in [0.717, 1.165) is 6.42 Å². The van der Waals surface area contributed by atoms with Crippen molar-refractivity contribution in [3.8, 4) is 0 Å². The number of benzene rings is 1. The van der Waals surface area contributed by atoms with Gasteiger partial charge >= 0.3 is 0 Å². The number of rotatable bonds is 2. The zero-order valence-electron chi connectivity index (χ0n) is 10.4. The summed E-state index contributed by atoms with van der Waals surface area (Å²) in [6.07, 6.45) is 8.73. The van der Waals surface area contributed by atoms with Gasteiger partial charge in [-0.1, -0.05) is 12.1 Å². The van der Waals surface area contributed by atoms with Crippen molar-refractivity contribution >= 4 is 5.69 Å². The third kappa shape index (κ3) is 2.32. The summed E-state index contributed by atoms with van der Waals surface area (Å²) in [6, 6.07) is 7.74. The van der Waals surface area contributed by atoms with E-state index in [1.54, 1.807) is 11.1 Å². The molecule has 0 heterocycles. The van der Waals surface area contributed by atoms with Crippen molar-refractivity contribution in [2.24, 2.45) is 5.73 Å².